The maximum Gasteiger partial charge on any atom is 0.270 e. The second kappa shape index (κ2) is 8.88. The lowest BCUT2D eigenvalue weighted by molar-refractivity contribution is -0.119. The molecule has 0 atom stereocenters. The third-order valence-corrected chi connectivity index (χ3v) is 10.4. The van der Waals surface area contributed by atoms with Gasteiger partial charge >= 0.3 is 0 Å². The SMILES string of the molecule is Cc1ccc(CNC(=O)c2ccc3n(c2=O)CCN(CC2(S(=O)(=O)C(C)(C)C(N)=O)CC2)C3=O)cc1. The molecule has 1 aliphatic heterocycles. The van der Waals surface area contributed by atoms with Gasteiger partial charge in [0.1, 0.15) is 16.0 Å². The first kappa shape index (κ1) is 25.6. The molecule has 36 heavy (non-hydrogen) atoms. The lowest BCUT2D eigenvalue weighted by Crippen LogP contribution is -2.55. The van der Waals surface area contributed by atoms with Crippen LogP contribution in [-0.4, -0.2) is 58.2 Å². The molecule has 1 saturated carbocycles. The number of sulfone groups is 1. The number of nitrogens with zero attached hydrogens (tertiary/aromatic N) is 2. The summed E-state index contributed by atoms with van der Waals surface area (Å²) in [7, 11) is -3.97. The Kier molecular flexibility index (Phi) is 6.32. The number of primary amides is 1. The smallest absolute Gasteiger partial charge is 0.270 e. The first-order valence-electron chi connectivity index (χ1n) is 11.7. The molecule has 2 heterocycles. The van der Waals surface area contributed by atoms with Crippen molar-refractivity contribution >= 4 is 27.6 Å². The first-order chi connectivity index (χ1) is 16.8. The monoisotopic (exact) mass is 514 g/mol. The van der Waals surface area contributed by atoms with E-state index in [2.05, 4.69) is 5.32 Å². The summed E-state index contributed by atoms with van der Waals surface area (Å²) in [6.07, 6.45) is 0.644. The molecular weight excluding hydrogens is 484 g/mol. The molecule has 3 amide bonds. The lowest BCUT2D eigenvalue weighted by Gasteiger charge is -2.35. The van der Waals surface area contributed by atoms with E-state index in [4.69, 9.17) is 5.73 Å². The number of hydrogen-bond acceptors (Lipinski definition) is 6. The third kappa shape index (κ3) is 4.21. The van der Waals surface area contributed by atoms with Crippen molar-refractivity contribution in [1.82, 2.24) is 14.8 Å². The van der Waals surface area contributed by atoms with Crippen molar-refractivity contribution in [3.63, 3.8) is 0 Å². The standard InChI is InChI=1S/C25H30N4O6S/c1-16-4-6-17(7-5-16)14-27-20(30)18-8-9-19-22(32)28(12-13-29(19)21(18)31)15-25(10-11-25)36(34,35)24(2,3)23(26)33/h4-9H,10-15H2,1-3H3,(H2,26,33)(H,27,30). The Labute approximate surface area is 209 Å². The number of pyridine rings is 1. The van der Waals surface area contributed by atoms with E-state index in [1.54, 1.807) is 0 Å². The van der Waals surface area contributed by atoms with Crippen LogP contribution >= 0.6 is 0 Å². The largest absolute Gasteiger partial charge is 0.368 e. The number of nitrogens with two attached hydrogens (primary N) is 1. The molecule has 0 bridgehead atoms. The van der Waals surface area contributed by atoms with Crippen LogP contribution in [0.5, 0.6) is 0 Å². The zero-order valence-corrected chi connectivity index (χ0v) is 21.4. The highest BCUT2D eigenvalue weighted by molar-refractivity contribution is 7.95. The predicted molar refractivity (Wildman–Crippen MR) is 133 cm³/mol. The van der Waals surface area contributed by atoms with Crippen molar-refractivity contribution in [3.05, 3.63) is 69.1 Å². The molecule has 3 N–H and O–H groups in total. The molecule has 1 aromatic carbocycles. The van der Waals surface area contributed by atoms with E-state index in [0.29, 0.717) is 12.8 Å². The fraction of sp³-hybridized carbons (Fsp3) is 0.440. The van der Waals surface area contributed by atoms with Crippen molar-refractivity contribution in [2.45, 2.75) is 56.2 Å². The van der Waals surface area contributed by atoms with Crippen LogP contribution in [0.25, 0.3) is 0 Å². The fourth-order valence-corrected chi connectivity index (χ4v) is 6.76. The number of aryl methyl sites for hydroxylation is 1. The van der Waals surface area contributed by atoms with Crippen LogP contribution in [0.15, 0.2) is 41.2 Å². The van der Waals surface area contributed by atoms with E-state index in [0.717, 1.165) is 11.1 Å². The molecule has 192 valence electrons. The number of carbonyl (C=O) groups excluding carboxylic acids is 3. The van der Waals surface area contributed by atoms with Gasteiger partial charge in [-0.2, -0.15) is 0 Å². The molecule has 2 aliphatic rings. The highest BCUT2D eigenvalue weighted by Crippen LogP contribution is 2.49. The van der Waals surface area contributed by atoms with E-state index >= 15 is 0 Å². The van der Waals surface area contributed by atoms with E-state index in [9.17, 15) is 27.6 Å². The van der Waals surface area contributed by atoms with Crippen molar-refractivity contribution in [1.29, 1.82) is 0 Å². The van der Waals surface area contributed by atoms with Crippen LogP contribution in [0.4, 0.5) is 0 Å². The normalized spacial score (nSPS) is 16.9. The highest BCUT2D eigenvalue weighted by atomic mass is 32.2. The Morgan fingerprint density at radius 1 is 1.06 bits per heavy atom. The molecule has 2 aromatic rings. The summed E-state index contributed by atoms with van der Waals surface area (Å²) >= 11 is 0. The van der Waals surface area contributed by atoms with E-state index in [-0.39, 0.29) is 37.4 Å². The van der Waals surface area contributed by atoms with Gasteiger partial charge in [-0.1, -0.05) is 29.8 Å². The molecule has 1 fully saturated rings. The van der Waals surface area contributed by atoms with Crippen molar-refractivity contribution in [2.75, 3.05) is 13.1 Å². The van der Waals surface area contributed by atoms with Crippen LogP contribution in [0, 0.1) is 6.92 Å². The molecular formula is C25H30N4O6S. The summed E-state index contributed by atoms with van der Waals surface area (Å²) in [5.74, 6) is -1.98. The van der Waals surface area contributed by atoms with Gasteiger partial charge in [0.25, 0.3) is 17.4 Å². The fourth-order valence-electron chi connectivity index (χ4n) is 4.45. The Hall–Kier alpha value is -3.47. The quantitative estimate of drug-likeness (QED) is 0.531. The first-order valence-corrected chi connectivity index (χ1v) is 13.2. The molecule has 0 saturated heterocycles. The molecule has 4 rings (SSSR count). The number of benzene rings is 1. The molecule has 1 aromatic heterocycles. The molecule has 0 spiro atoms. The van der Waals surface area contributed by atoms with Crippen molar-refractivity contribution in [3.8, 4) is 0 Å². The van der Waals surface area contributed by atoms with Gasteiger partial charge in [-0.25, -0.2) is 8.42 Å². The van der Waals surface area contributed by atoms with E-state index in [1.807, 2.05) is 31.2 Å². The zero-order valence-electron chi connectivity index (χ0n) is 20.5. The summed E-state index contributed by atoms with van der Waals surface area (Å²) < 4.78 is 24.7. The van der Waals surface area contributed by atoms with Crippen LogP contribution in [0.1, 0.15) is 58.7 Å². The predicted octanol–water partition coefficient (Wildman–Crippen LogP) is 0.754. The third-order valence-electron chi connectivity index (χ3n) is 7.21. The summed E-state index contributed by atoms with van der Waals surface area (Å²) in [5, 5.41) is 2.73. The number of amides is 3. The molecule has 10 nitrogen and oxygen atoms in total. The topological polar surface area (TPSA) is 149 Å². The average Bonchev–Trinajstić information content (AvgIpc) is 3.62. The summed E-state index contributed by atoms with van der Waals surface area (Å²) in [6, 6.07) is 10.4. The number of aromatic nitrogens is 1. The molecule has 0 unspecified atom stereocenters. The van der Waals surface area contributed by atoms with Crippen LogP contribution in [0.3, 0.4) is 0 Å². The Morgan fingerprint density at radius 2 is 1.69 bits per heavy atom. The van der Waals surface area contributed by atoms with Gasteiger partial charge in [0, 0.05) is 26.2 Å². The Balaban J connectivity index is 1.51. The van der Waals surface area contributed by atoms with Gasteiger partial charge in [-0.15, -0.1) is 0 Å². The average molecular weight is 515 g/mol. The number of fused-ring (bicyclic) bond motifs is 1. The van der Waals surface area contributed by atoms with Crippen LogP contribution in [0.2, 0.25) is 0 Å². The van der Waals surface area contributed by atoms with Crippen molar-refractivity contribution < 1.29 is 22.8 Å². The highest BCUT2D eigenvalue weighted by Gasteiger charge is 2.62. The van der Waals surface area contributed by atoms with E-state index < -0.39 is 42.6 Å². The minimum Gasteiger partial charge on any atom is -0.368 e. The second-order valence-electron chi connectivity index (χ2n) is 10.0. The minimum atomic E-state index is -3.97. The second-order valence-corrected chi connectivity index (χ2v) is 12.9. The van der Waals surface area contributed by atoms with Gasteiger partial charge < -0.3 is 20.5 Å². The van der Waals surface area contributed by atoms with E-state index in [1.165, 1.54) is 35.4 Å². The molecule has 11 heteroatoms. The number of rotatable bonds is 8. The Bertz CT molecular complexity index is 1410. The van der Waals surface area contributed by atoms with Gasteiger partial charge in [-0.3, -0.25) is 19.2 Å². The van der Waals surface area contributed by atoms with Crippen LogP contribution < -0.4 is 16.6 Å². The summed E-state index contributed by atoms with van der Waals surface area (Å²) in [5.41, 5.74) is 6.77. The lowest BCUT2D eigenvalue weighted by atomic mass is 10.1. The summed E-state index contributed by atoms with van der Waals surface area (Å²) in [4.78, 5) is 52.1. The van der Waals surface area contributed by atoms with Crippen molar-refractivity contribution in [2.24, 2.45) is 5.73 Å². The number of carbonyl (C=O) groups is 3. The molecule has 1 aliphatic carbocycles. The van der Waals surface area contributed by atoms with Gasteiger partial charge in [0.05, 0.1) is 4.75 Å². The Morgan fingerprint density at radius 3 is 2.28 bits per heavy atom. The molecule has 0 radical (unpaired) electrons. The van der Waals surface area contributed by atoms with Gasteiger partial charge in [-0.05, 0) is 51.3 Å². The minimum absolute atomic E-state index is 0.0726. The number of hydrogen-bond donors (Lipinski definition) is 2. The summed E-state index contributed by atoms with van der Waals surface area (Å²) in [6.45, 7) is 4.92. The van der Waals surface area contributed by atoms with Gasteiger partial charge in [0.2, 0.25) is 5.91 Å². The zero-order chi connectivity index (χ0) is 26.5. The number of nitrogens with one attached hydrogen (secondary N) is 1. The maximum atomic E-state index is 13.2. The maximum absolute atomic E-state index is 13.2. The van der Waals surface area contributed by atoms with Crippen LogP contribution in [-0.2, 0) is 27.7 Å². The van der Waals surface area contributed by atoms with Gasteiger partial charge in [0.15, 0.2) is 9.84 Å².